The minimum atomic E-state index is -1.07. The van der Waals surface area contributed by atoms with Crippen LogP contribution in [-0.2, 0) is 9.59 Å². The smallest absolute Gasteiger partial charge is 0.249 e. The maximum atomic E-state index is 12.4. The summed E-state index contributed by atoms with van der Waals surface area (Å²) < 4.78 is 5.09. The monoisotopic (exact) mass is 492 g/mol. The third-order valence-corrected chi connectivity index (χ3v) is 6.31. The van der Waals surface area contributed by atoms with E-state index < -0.39 is 24.5 Å². The molecule has 0 fully saturated rings. The molecule has 194 valence electrons. The number of ether oxygens (including phenoxy) is 1. The average Bonchev–Trinajstić information content (AvgIpc) is 2.82. The van der Waals surface area contributed by atoms with Gasteiger partial charge in [-0.05, 0) is 80.9 Å². The molecule has 6 heteroatoms. The van der Waals surface area contributed by atoms with Gasteiger partial charge in [0, 0.05) is 11.8 Å². The third kappa shape index (κ3) is 9.00. The van der Waals surface area contributed by atoms with Crippen molar-refractivity contribution < 1.29 is 19.4 Å². The van der Waals surface area contributed by atoms with Gasteiger partial charge in [-0.3, -0.25) is 9.59 Å². The van der Waals surface area contributed by atoms with E-state index in [0.29, 0.717) is 11.4 Å². The predicted octanol–water partition coefficient (Wildman–Crippen LogP) is 5.64. The Morgan fingerprint density at radius 1 is 1.14 bits per heavy atom. The number of hydrogen-bond donors (Lipinski definition) is 3. The van der Waals surface area contributed by atoms with E-state index in [0.717, 1.165) is 17.6 Å². The Labute approximate surface area is 215 Å². The van der Waals surface area contributed by atoms with Crippen molar-refractivity contribution in [2.24, 2.45) is 5.41 Å². The van der Waals surface area contributed by atoms with Crippen LogP contribution in [0.15, 0.2) is 83.0 Å². The minimum Gasteiger partial charge on any atom is -0.497 e. The highest BCUT2D eigenvalue weighted by molar-refractivity contribution is 5.99. The molecule has 2 amide bonds. The zero-order valence-corrected chi connectivity index (χ0v) is 22.4. The van der Waals surface area contributed by atoms with E-state index >= 15 is 0 Å². The lowest BCUT2D eigenvalue weighted by Crippen LogP contribution is -2.45. The normalized spacial score (nSPS) is 17.4. The molecule has 6 nitrogen and oxygen atoms in total. The van der Waals surface area contributed by atoms with Gasteiger partial charge in [-0.15, -0.1) is 0 Å². The quantitative estimate of drug-likeness (QED) is 0.291. The highest BCUT2D eigenvalue weighted by Crippen LogP contribution is 2.40. The molecule has 1 aromatic rings. The molecule has 1 aliphatic carbocycles. The molecule has 0 heterocycles. The largest absolute Gasteiger partial charge is 0.497 e. The number of anilines is 1. The van der Waals surface area contributed by atoms with E-state index in [1.165, 1.54) is 30.1 Å². The van der Waals surface area contributed by atoms with Crippen LogP contribution in [0.2, 0.25) is 0 Å². The molecule has 36 heavy (non-hydrogen) atoms. The highest BCUT2D eigenvalue weighted by atomic mass is 16.5. The number of amides is 2. The molecule has 0 saturated carbocycles. The van der Waals surface area contributed by atoms with E-state index in [4.69, 9.17) is 4.74 Å². The van der Waals surface area contributed by atoms with Crippen molar-refractivity contribution in [3.63, 3.8) is 0 Å². The summed E-state index contributed by atoms with van der Waals surface area (Å²) in [5.74, 6) is -0.298. The van der Waals surface area contributed by atoms with Gasteiger partial charge in [0.25, 0.3) is 0 Å². The summed E-state index contributed by atoms with van der Waals surface area (Å²) in [7, 11) is 1.56. The number of rotatable bonds is 10. The van der Waals surface area contributed by atoms with Gasteiger partial charge in [-0.2, -0.15) is 0 Å². The summed E-state index contributed by atoms with van der Waals surface area (Å²) in [5.41, 5.74) is 5.47. The summed E-state index contributed by atoms with van der Waals surface area (Å²) in [6, 6.07) is 5.71. The molecule has 0 aromatic heterocycles. The van der Waals surface area contributed by atoms with Crippen molar-refractivity contribution in [2.75, 3.05) is 19.0 Å². The van der Waals surface area contributed by atoms with Gasteiger partial charge >= 0.3 is 0 Å². The average molecular weight is 493 g/mol. The van der Waals surface area contributed by atoms with Crippen LogP contribution in [-0.4, -0.2) is 36.7 Å². The number of carbonyl (C=O) groups excluding carboxylic acids is 2. The Balaban J connectivity index is 1.93. The molecule has 0 radical (unpaired) electrons. The van der Waals surface area contributed by atoms with Gasteiger partial charge in [0.15, 0.2) is 0 Å². The number of hydrogen-bond acceptors (Lipinski definition) is 4. The van der Waals surface area contributed by atoms with Crippen LogP contribution in [0.4, 0.5) is 5.69 Å². The summed E-state index contributed by atoms with van der Waals surface area (Å²) >= 11 is 0. The van der Waals surface area contributed by atoms with Crippen molar-refractivity contribution in [3.05, 3.63) is 83.0 Å². The number of benzene rings is 1. The summed E-state index contributed by atoms with van der Waals surface area (Å²) in [5, 5.41) is 14.8. The fourth-order valence-electron chi connectivity index (χ4n) is 4.20. The lowest BCUT2D eigenvalue weighted by Gasteiger charge is -2.32. The van der Waals surface area contributed by atoms with Crippen LogP contribution in [0, 0.1) is 5.41 Å². The first-order valence-electron chi connectivity index (χ1n) is 12.3. The first kappa shape index (κ1) is 28.9. The second kappa shape index (κ2) is 13.6. The molecule has 0 spiro atoms. The molecule has 0 aliphatic heterocycles. The van der Waals surface area contributed by atoms with E-state index in [2.05, 4.69) is 43.6 Å². The van der Waals surface area contributed by atoms with Crippen molar-refractivity contribution in [1.82, 2.24) is 5.32 Å². The maximum Gasteiger partial charge on any atom is 0.249 e. The first-order chi connectivity index (χ1) is 17.1. The van der Waals surface area contributed by atoms with Crippen LogP contribution < -0.4 is 15.4 Å². The molecule has 1 aromatic carbocycles. The maximum absolute atomic E-state index is 12.4. The van der Waals surface area contributed by atoms with Crippen LogP contribution >= 0.6 is 0 Å². The fraction of sp³-hybridized carbons (Fsp3) is 0.400. The molecule has 1 aliphatic rings. The van der Waals surface area contributed by atoms with Crippen LogP contribution in [0.1, 0.15) is 53.9 Å². The summed E-state index contributed by atoms with van der Waals surface area (Å²) in [4.78, 5) is 24.8. The Morgan fingerprint density at radius 3 is 2.44 bits per heavy atom. The van der Waals surface area contributed by atoms with Crippen molar-refractivity contribution in [2.45, 2.75) is 59.9 Å². The van der Waals surface area contributed by atoms with Gasteiger partial charge in [0.2, 0.25) is 11.8 Å². The molecule has 0 unspecified atom stereocenters. The van der Waals surface area contributed by atoms with Gasteiger partial charge in [-0.25, -0.2) is 0 Å². The number of nitrogens with one attached hydrogen (secondary N) is 2. The van der Waals surface area contributed by atoms with E-state index in [9.17, 15) is 14.7 Å². The van der Waals surface area contributed by atoms with E-state index in [1.807, 2.05) is 25.2 Å². The van der Waals surface area contributed by atoms with Gasteiger partial charge in [-0.1, -0.05) is 55.4 Å². The Kier molecular flexibility index (Phi) is 10.9. The Hall–Kier alpha value is -3.38. The van der Waals surface area contributed by atoms with E-state index in [1.54, 1.807) is 38.3 Å². The molecule has 3 N–H and O–H groups in total. The van der Waals surface area contributed by atoms with E-state index in [-0.39, 0.29) is 5.41 Å². The lowest BCUT2D eigenvalue weighted by atomic mass is 9.72. The number of methoxy groups -OCH3 is 1. The first-order valence-corrected chi connectivity index (χ1v) is 12.3. The number of aliphatic hydroxyl groups excluding tert-OH is 1. The van der Waals surface area contributed by atoms with Crippen molar-refractivity contribution >= 4 is 17.5 Å². The van der Waals surface area contributed by atoms with Crippen molar-refractivity contribution in [3.8, 4) is 5.75 Å². The van der Waals surface area contributed by atoms with Gasteiger partial charge in [0.05, 0.1) is 13.7 Å². The zero-order valence-electron chi connectivity index (χ0n) is 22.4. The number of aliphatic hydroxyl groups is 1. The number of carbonyl (C=O) groups is 2. The molecule has 0 bridgehead atoms. The standard InChI is InChI=1S/C30H40N2O4/c1-21(12-17-26-23(3)11-8-18-30(26,4)5)9-7-10-22(2)19-28(34)32-27(20-33)29(35)31-24-13-15-25(36-6)16-14-24/h7,9-10,12-17,19,27,33H,8,11,18,20H2,1-6H3,(H,31,35)(H,32,34)/t27-/m0/s1. The minimum absolute atomic E-state index is 0.208. The predicted molar refractivity (Wildman–Crippen MR) is 147 cm³/mol. The van der Waals surface area contributed by atoms with Crippen LogP contribution in [0.5, 0.6) is 5.75 Å². The molecular formula is C30H40N2O4. The van der Waals surface area contributed by atoms with Gasteiger partial charge in [0.1, 0.15) is 11.8 Å². The second-order valence-corrected chi connectivity index (χ2v) is 9.88. The highest BCUT2D eigenvalue weighted by Gasteiger charge is 2.26. The third-order valence-electron chi connectivity index (χ3n) is 6.31. The topological polar surface area (TPSA) is 87.7 Å². The van der Waals surface area contributed by atoms with Crippen LogP contribution in [0.25, 0.3) is 0 Å². The fourth-order valence-corrected chi connectivity index (χ4v) is 4.20. The SMILES string of the molecule is COc1ccc(NC(=O)[C@H](CO)NC(=O)C=C(C)C=CC=C(C)C=CC2=C(C)CCCC2(C)C)cc1. The second-order valence-electron chi connectivity index (χ2n) is 9.88. The lowest BCUT2D eigenvalue weighted by molar-refractivity contribution is -0.124. The zero-order chi connectivity index (χ0) is 26.7. The Morgan fingerprint density at radius 2 is 1.83 bits per heavy atom. The molecule has 0 saturated heterocycles. The van der Waals surface area contributed by atoms with Crippen LogP contribution in [0.3, 0.4) is 0 Å². The van der Waals surface area contributed by atoms with Gasteiger partial charge < -0.3 is 20.5 Å². The Bertz CT molecular complexity index is 1070. The molecular weight excluding hydrogens is 452 g/mol. The number of allylic oxidation sites excluding steroid dienone is 9. The summed E-state index contributed by atoms with van der Waals surface area (Å²) in [6.45, 7) is 10.2. The van der Waals surface area contributed by atoms with Crippen molar-refractivity contribution in [1.29, 1.82) is 0 Å². The summed E-state index contributed by atoms with van der Waals surface area (Å²) in [6.07, 6.45) is 15.1. The molecule has 1 atom stereocenters. The molecule has 2 rings (SSSR count).